The molecule has 1 aliphatic heterocycles. The molecule has 2 rings (SSSR count). The molecule has 0 aliphatic carbocycles. The second-order valence-corrected chi connectivity index (χ2v) is 7.95. The number of nitrogens with zero attached hydrogens (tertiary/aromatic N) is 2. The van der Waals surface area contributed by atoms with E-state index in [4.69, 9.17) is 33.3 Å². The molecule has 1 amide bonds. The smallest absolute Gasteiger partial charge is 0.578 e. The minimum Gasteiger partial charge on any atom is -0.604 e. The number of primary amides is 1. The maximum Gasteiger partial charge on any atom is 0.578 e. The molecule has 1 heterocycles. The normalized spacial score (nSPS) is 20.6. The molecular weight excluding hydrogens is 490 g/mol. The summed E-state index contributed by atoms with van der Waals surface area (Å²) in [5.74, 6) is -2.51. The Bertz CT molecular complexity index is 1110. The number of amides is 1. The van der Waals surface area contributed by atoms with Gasteiger partial charge in [-0.3, -0.25) is 10.2 Å². The van der Waals surface area contributed by atoms with E-state index in [1.165, 1.54) is 6.07 Å². The monoisotopic (exact) mass is 498 g/mol. The van der Waals surface area contributed by atoms with E-state index in [-0.39, 0.29) is 0 Å². The average molecular weight is 499 g/mol. The van der Waals surface area contributed by atoms with Gasteiger partial charge in [-0.05, 0) is 12.1 Å². The largest absolute Gasteiger partial charge is 0.604 e. The van der Waals surface area contributed by atoms with E-state index in [1.807, 2.05) is 0 Å². The van der Waals surface area contributed by atoms with Crippen molar-refractivity contribution in [3.63, 3.8) is 0 Å². The minimum atomic E-state index is -5.47. The number of hydrogen-bond acceptors (Lipinski definition) is 7. The van der Waals surface area contributed by atoms with Crippen molar-refractivity contribution in [3.8, 4) is 12.1 Å². The lowest BCUT2D eigenvalue weighted by Crippen LogP contribution is -2.56. The van der Waals surface area contributed by atoms with Crippen LogP contribution in [0.4, 0.5) is 32.0 Å². The van der Waals surface area contributed by atoms with Gasteiger partial charge in [0.2, 0.25) is 10.8 Å². The van der Waals surface area contributed by atoms with Gasteiger partial charge in [0.05, 0.1) is 28.8 Å². The standard InChI is InChI=1S/C16H9ClF6N6O2S/c17-8-4-6(15(18,19)20)3-7-10(8)28-12(29-14(7,1-2-24)13(27)30)11(9(26)5-25)32(31)16(21,22)23/h3-4,26,28-29H,1H2,(H2,27,30)/b12-11-,26-9?. The fourth-order valence-corrected chi connectivity index (χ4v) is 3.82. The van der Waals surface area contributed by atoms with Gasteiger partial charge in [0.25, 0.3) is 0 Å². The molecule has 2 unspecified atom stereocenters. The van der Waals surface area contributed by atoms with Crippen molar-refractivity contribution in [1.82, 2.24) is 5.32 Å². The summed E-state index contributed by atoms with van der Waals surface area (Å²) in [6.45, 7) is 0. The zero-order valence-electron chi connectivity index (χ0n) is 15.2. The quantitative estimate of drug-likeness (QED) is 0.283. The Morgan fingerprint density at radius 1 is 1.28 bits per heavy atom. The molecule has 0 fully saturated rings. The number of fused-ring (bicyclic) bond motifs is 1. The lowest BCUT2D eigenvalue weighted by molar-refractivity contribution is -0.138. The highest BCUT2D eigenvalue weighted by Crippen LogP contribution is 2.45. The van der Waals surface area contributed by atoms with Gasteiger partial charge in [0, 0.05) is 5.56 Å². The Hall–Kier alpha value is -3.14. The van der Waals surface area contributed by atoms with E-state index < -0.39 is 79.0 Å². The van der Waals surface area contributed by atoms with E-state index in [2.05, 4.69) is 10.6 Å². The van der Waals surface area contributed by atoms with Crippen molar-refractivity contribution in [2.75, 3.05) is 5.32 Å². The Morgan fingerprint density at radius 2 is 1.88 bits per heavy atom. The first-order valence-corrected chi connectivity index (χ1v) is 9.48. The summed E-state index contributed by atoms with van der Waals surface area (Å²) in [6.07, 6.45) is -5.96. The average Bonchev–Trinajstić information content (AvgIpc) is 2.66. The number of benzene rings is 1. The molecule has 1 aromatic rings. The van der Waals surface area contributed by atoms with Crippen molar-refractivity contribution >= 4 is 40.1 Å². The number of allylic oxidation sites excluding steroid dienone is 1. The fourth-order valence-electron chi connectivity index (χ4n) is 2.80. The molecule has 0 spiro atoms. The molecule has 32 heavy (non-hydrogen) atoms. The number of alkyl halides is 6. The first kappa shape index (κ1) is 25.1. The highest BCUT2D eigenvalue weighted by molar-refractivity contribution is 7.97. The van der Waals surface area contributed by atoms with Crippen LogP contribution in [0.5, 0.6) is 0 Å². The van der Waals surface area contributed by atoms with Crippen LogP contribution < -0.4 is 16.4 Å². The van der Waals surface area contributed by atoms with Crippen molar-refractivity contribution < 1.29 is 35.7 Å². The van der Waals surface area contributed by atoms with Crippen molar-refractivity contribution in [2.24, 2.45) is 5.73 Å². The molecule has 1 aromatic carbocycles. The van der Waals surface area contributed by atoms with Gasteiger partial charge in [-0.25, -0.2) is 0 Å². The molecule has 0 saturated carbocycles. The zero-order valence-corrected chi connectivity index (χ0v) is 16.8. The molecule has 5 N–H and O–H groups in total. The van der Waals surface area contributed by atoms with Crippen LogP contribution in [-0.4, -0.2) is 21.7 Å². The molecular formula is C16H9ClF6N6O2S. The Balaban J connectivity index is 2.97. The first-order valence-electron chi connectivity index (χ1n) is 7.95. The Labute approximate surface area is 183 Å². The summed E-state index contributed by atoms with van der Waals surface area (Å²) < 4.78 is 91.1. The van der Waals surface area contributed by atoms with Gasteiger partial charge in [-0.1, -0.05) is 11.6 Å². The second-order valence-electron chi connectivity index (χ2n) is 6.14. The topological polar surface area (TPSA) is 162 Å². The van der Waals surface area contributed by atoms with Crippen LogP contribution in [0.15, 0.2) is 22.9 Å². The lowest BCUT2D eigenvalue weighted by atomic mass is 9.82. The van der Waals surface area contributed by atoms with Crippen molar-refractivity contribution in [3.05, 3.63) is 39.0 Å². The zero-order chi connectivity index (χ0) is 24.6. The summed E-state index contributed by atoms with van der Waals surface area (Å²) in [4.78, 5) is 10.8. The summed E-state index contributed by atoms with van der Waals surface area (Å²) in [5, 5.41) is 29.0. The van der Waals surface area contributed by atoms with Crippen LogP contribution in [0, 0.1) is 28.1 Å². The lowest BCUT2D eigenvalue weighted by Gasteiger charge is -2.39. The fraction of sp³-hybridized carbons (Fsp3) is 0.250. The summed E-state index contributed by atoms with van der Waals surface area (Å²) in [5.41, 5.74) is -6.74. The van der Waals surface area contributed by atoms with Crippen LogP contribution in [0.3, 0.4) is 0 Å². The maximum absolute atomic E-state index is 13.3. The molecule has 16 heteroatoms. The number of anilines is 1. The van der Waals surface area contributed by atoms with Gasteiger partial charge in [-0.15, -0.1) is 13.2 Å². The molecule has 170 valence electrons. The second kappa shape index (κ2) is 8.42. The van der Waals surface area contributed by atoms with Crippen molar-refractivity contribution in [2.45, 2.75) is 23.6 Å². The number of halogens is 7. The number of nitrogens with one attached hydrogen (secondary N) is 3. The first-order chi connectivity index (χ1) is 14.6. The SMILES string of the molecule is N#CCC1(C(N)=O)N/C(=C(/C(=N)C#N)[S+]([O-])C(F)(F)F)Nc2c(Cl)cc(C(F)(F)F)cc21. The van der Waals surface area contributed by atoms with E-state index in [0.29, 0.717) is 12.1 Å². The molecule has 1 aliphatic rings. The number of carbonyl (C=O) groups excluding carboxylic acids is 1. The predicted molar refractivity (Wildman–Crippen MR) is 98.9 cm³/mol. The number of hydrogen-bond donors (Lipinski definition) is 4. The number of nitrogens with two attached hydrogens (primary N) is 1. The van der Waals surface area contributed by atoms with E-state index in [1.54, 1.807) is 0 Å². The third-order valence-electron chi connectivity index (χ3n) is 4.19. The van der Waals surface area contributed by atoms with Crippen LogP contribution in [0.25, 0.3) is 0 Å². The van der Waals surface area contributed by atoms with Gasteiger partial charge < -0.3 is 20.9 Å². The predicted octanol–water partition coefficient (Wildman–Crippen LogP) is 2.95. The summed E-state index contributed by atoms with van der Waals surface area (Å²) >= 11 is 1.87. The third-order valence-corrected chi connectivity index (χ3v) is 5.69. The van der Waals surface area contributed by atoms with E-state index >= 15 is 0 Å². The Kier molecular flexibility index (Phi) is 6.61. The van der Waals surface area contributed by atoms with E-state index in [0.717, 1.165) is 6.07 Å². The van der Waals surface area contributed by atoms with Crippen LogP contribution in [0.1, 0.15) is 17.5 Å². The molecule has 0 saturated heterocycles. The summed E-state index contributed by atoms with van der Waals surface area (Å²) in [7, 11) is 0. The molecule has 8 nitrogen and oxygen atoms in total. The van der Waals surface area contributed by atoms with Gasteiger partial charge in [0.1, 0.15) is 17.2 Å². The number of carbonyl (C=O) groups is 1. The number of nitriles is 2. The minimum absolute atomic E-state index is 0.393. The number of rotatable bonds is 4. The van der Waals surface area contributed by atoms with Crippen LogP contribution in [0.2, 0.25) is 5.02 Å². The highest BCUT2D eigenvalue weighted by atomic mass is 35.5. The van der Waals surface area contributed by atoms with Crippen LogP contribution >= 0.6 is 11.6 Å². The highest BCUT2D eigenvalue weighted by Gasteiger charge is 2.53. The molecule has 2 atom stereocenters. The Morgan fingerprint density at radius 3 is 2.31 bits per heavy atom. The molecule has 0 radical (unpaired) electrons. The van der Waals surface area contributed by atoms with Crippen molar-refractivity contribution in [1.29, 1.82) is 15.9 Å². The maximum atomic E-state index is 13.3. The molecule has 0 aromatic heterocycles. The molecule has 0 bridgehead atoms. The van der Waals surface area contributed by atoms with Crippen LogP contribution in [-0.2, 0) is 27.7 Å². The van der Waals surface area contributed by atoms with Gasteiger partial charge >= 0.3 is 11.7 Å². The third kappa shape index (κ3) is 4.40. The summed E-state index contributed by atoms with van der Waals surface area (Å²) in [6, 6.07) is 3.35. The van der Waals surface area contributed by atoms with Gasteiger partial charge in [0.15, 0.2) is 17.1 Å². The van der Waals surface area contributed by atoms with E-state index in [9.17, 15) is 35.7 Å². The van der Waals surface area contributed by atoms with Gasteiger partial charge in [-0.2, -0.15) is 23.7 Å².